The number of benzene rings is 1. The lowest BCUT2D eigenvalue weighted by Gasteiger charge is -2.08. The Morgan fingerprint density at radius 3 is 2.79 bits per heavy atom. The minimum absolute atomic E-state index is 0.0409. The Kier molecular flexibility index (Phi) is 7.04. The molecule has 0 bridgehead atoms. The van der Waals surface area contributed by atoms with Gasteiger partial charge in [0, 0.05) is 6.42 Å². The normalized spacial score (nSPS) is 10.9. The van der Waals surface area contributed by atoms with Crippen LogP contribution in [-0.2, 0) is 6.42 Å². The molecule has 2 rings (SSSR count). The highest BCUT2D eigenvalue weighted by atomic mass is 19.1. The van der Waals surface area contributed by atoms with Crippen molar-refractivity contribution in [3.63, 3.8) is 0 Å². The van der Waals surface area contributed by atoms with Gasteiger partial charge in [-0.1, -0.05) is 44.7 Å². The van der Waals surface area contributed by atoms with Crippen LogP contribution >= 0.6 is 0 Å². The summed E-state index contributed by atoms with van der Waals surface area (Å²) >= 11 is 0. The molecule has 1 aromatic heterocycles. The van der Waals surface area contributed by atoms with E-state index in [2.05, 4.69) is 13.5 Å². The summed E-state index contributed by atoms with van der Waals surface area (Å²) in [4.78, 5) is 12.2. The lowest BCUT2D eigenvalue weighted by atomic mass is 10.1. The van der Waals surface area contributed by atoms with Gasteiger partial charge < -0.3 is 9.15 Å². The Morgan fingerprint density at radius 2 is 2.04 bits per heavy atom. The molecule has 0 saturated heterocycles. The number of aryl methyl sites for hydroxylation is 1. The van der Waals surface area contributed by atoms with Gasteiger partial charge in [-0.15, -0.1) is 6.58 Å². The van der Waals surface area contributed by atoms with Crippen molar-refractivity contribution in [2.45, 2.75) is 51.9 Å². The van der Waals surface area contributed by atoms with Crippen molar-refractivity contribution in [1.29, 1.82) is 0 Å². The largest absolute Gasteiger partial charge is 0.490 e. The molecule has 0 aliphatic carbocycles. The number of rotatable bonds is 10. The molecule has 0 amide bonds. The third-order valence-electron chi connectivity index (χ3n) is 3.99. The summed E-state index contributed by atoms with van der Waals surface area (Å²) in [5, 5.41) is 0.518. The van der Waals surface area contributed by atoms with Crippen LogP contribution in [0.5, 0.6) is 5.75 Å². The number of hydrogen-bond donors (Lipinski definition) is 0. The standard InChI is InChI=1S/C20H25FO3/c1-3-5-7-8-9-10-16-14-15-11-12-17(23-13-6-4-2)19(21)18(15)20(22)24-16/h4,11-12,14H,2-3,5-10,13H2,1H3. The van der Waals surface area contributed by atoms with Gasteiger partial charge in [0.05, 0.1) is 6.61 Å². The first-order valence-electron chi connectivity index (χ1n) is 8.66. The number of unbranched alkanes of at least 4 members (excludes halogenated alkanes) is 4. The maximum Gasteiger partial charge on any atom is 0.346 e. The zero-order valence-corrected chi connectivity index (χ0v) is 14.3. The lowest BCUT2D eigenvalue weighted by Crippen LogP contribution is -2.07. The molecule has 0 spiro atoms. The molecule has 0 aliphatic heterocycles. The quantitative estimate of drug-likeness (QED) is 0.432. The molecule has 0 fully saturated rings. The van der Waals surface area contributed by atoms with E-state index in [0.717, 1.165) is 12.8 Å². The molecule has 2 aromatic rings. The molecule has 0 atom stereocenters. The molecular weight excluding hydrogens is 307 g/mol. The Morgan fingerprint density at radius 1 is 1.25 bits per heavy atom. The molecule has 0 radical (unpaired) electrons. The molecule has 3 nitrogen and oxygen atoms in total. The van der Waals surface area contributed by atoms with Crippen LogP contribution in [0, 0.1) is 5.82 Å². The summed E-state index contributed by atoms with van der Waals surface area (Å²) in [6.45, 7) is 6.09. The molecule has 0 N–H and O–H groups in total. The zero-order valence-electron chi connectivity index (χ0n) is 14.3. The van der Waals surface area contributed by atoms with E-state index in [1.165, 1.54) is 19.3 Å². The van der Waals surface area contributed by atoms with E-state index in [0.29, 0.717) is 30.6 Å². The van der Waals surface area contributed by atoms with Crippen LogP contribution in [0.4, 0.5) is 4.39 Å². The van der Waals surface area contributed by atoms with E-state index >= 15 is 0 Å². The van der Waals surface area contributed by atoms with E-state index in [-0.39, 0.29) is 11.1 Å². The van der Waals surface area contributed by atoms with E-state index in [1.54, 1.807) is 24.3 Å². The van der Waals surface area contributed by atoms with Crippen molar-refractivity contribution in [3.05, 3.63) is 52.9 Å². The molecule has 130 valence electrons. The summed E-state index contributed by atoms with van der Waals surface area (Å²) < 4.78 is 25.1. The first kappa shape index (κ1) is 18.2. The van der Waals surface area contributed by atoms with Gasteiger partial charge in [-0.2, -0.15) is 0 Å². The Bertz CT molecular complexity index is 733. The summed E-state index contributed by atoms with van der Waals surface area (Å²) in [7, 11) is 0. The molecule has 0 unspecified atom stereocenters. The predicted molar refractivity (Wildman–Crippen MR) is 95.2 cm³/mol. The smallest absolute Gasteiger partial charge is 0.346 e. The minimum atomic E-state index is -0.653. The molecule has 1 aromatic carbocycles. The van der Waals surface area contributed by atoms with Gasteiger partial charge in [0.1, 0.15) is 11.1 Å². The summed E-state index contributed by atoms with van der Waals surface area (Å²) in [6, 6.07) is 5.03. The second-order valence-corrected chi connectivity index (χ2v) is 5.93. The van der Waals surface area contributed by atoms with Gasteiger partial charge in [0.15, 0.2) is 11.6 Å². The highest BCUT2D eigenvalue weighted by Crippen LogP contribution is 2.25. The summed E-state index contributed by atoms with van der Waals surface area (Å²) in [5.41, 5.74) is -0.636. The summed E-state index contributed by atoms with van der Waals surface area (Å²) in [5.74, 6) is 0.0347. The van der Waals surface area contributed by atoms with Crippen LogP contribution in [0.2, 0.25) is 0 Å². The van der Waals surface area contributed by atoms with Crippen molar-refractivity contribution >= 4 is 10.8 Å². The van der Waals surface area contributed by atoms with Gasteiger partial charge in [-0.25, -0.2) is 9.18 Å². The molecule has 4 heteroatoms. The zero-order chi connectivity index (χ0) is 17.4. The first-order valence-corrected chi connectivity index (χ1v) is 8.66. The Balaban J connectivity index is 2.15. The van der Waals surface area contributed by atoms with Crippen molar-refractivity contribution in [2.75, 3.05) is 6.61 Å². The van der Waals surface area contributed by atoms with Gasteiger partial charge in [-0.3, -0.25) is 0 Å². The average Bonchev–Trinajstić information content (AvgIpc) is 2.56. The second kappa shape index (κ2) is 9.26. The number of halogens is 1. The SMILES string of the molecule is C=CCCOc1ccc2cc(CCCCCCC)oc(=O)c2c1F. The van der Waals surface area contributed by atoms with Crippen LogP contribution in [0.1, 0.15) is 51.2 Å². The molecular formula is C20H25FO3. The van der Waals surface area contributed by atoms with Crippen LogP contribution in [-0.4, -0.2) is 6.61 Å². The predicted octanol–water partition coefficient (Wildman–Crippen LogP) is 5.40. The van der Waals surface area contributed by atoms with E-state index in [9.17, 15) is 9.18 Å². The molecule has 0 saturated carbocycles. The second-order valence-electron chi connectivity index (χ2n) is 5.93. The Labute approximate surface area is 142 Å². The lowest BCUT2D eigenvalue weighted by molar-refractivity contribution is 0.309. The van der Waals surface area contributed by atoms with Crippen molar-refractivity contribution < 1.29 is 13.5 Å². The fourth-order valence-corrected chi connectivity index (χ4v) is 2.66. The molecule has 24 heavy (non-hydrogen) atoms. The third kappa shape index (κ3) is 4.70. The van der Waals surface area contributed by atoms with Crippen molar-refractivity contribution in [1.82, 2.24) is 0 Å². The Hall–Kier alpha value is -2.10. The van der Waals surface area contributed by atoms with Crippen LogP contribution < -0.4 is 10.4 Å². The topological polar surface area (TPSA) is 39.4 Å². The van der Waals surface area contributed by atoms with Gasteiger partial charge in [-0.05, 0) is 30.4 Å². The monoisotopic (exact) mass is 332 g/mol. The third-order valence-corrected chi connectivity index (χ3v) is 3.99. The number of hydrogen-bond acceptors (Lipinski definition) is 3. The highest BCUT2D eigenvalue weighted by molar-refractivity contribution is 5.83. The first-order chi connectivity index (χ1) is 11.7. The van der Waals surface area contributed by atoms with Gasteiger partial charge in [0.25, 0.3) is 0 Å². The molecule has 1 heterocycles. The molecule has 0 aliphatic rings. The minimum Gasteiger partial charge on any atom is -0.490 e. The highest BCUT2D eigenvalue weighted by Gasteiger charge is 2.14. The number of ether oxygens (including phenoxy) is 1. The maximum atomic E-state index is 14.5. The fraction of sp³-hybridized carbons (Fsp3) is 0.450. The van der Waals surface area contributed by atoms with Crippen LogP contribution in [0.25, 0.3) is 10.8 Å². The van der Waals surface area contributed by atoms with Crippen molar-refractivity contribution in [3.8, 4) is 5.75 Å². The van der Waals surface area contributed by atoms with Gasteiger partial charge >= 0.3 is 5.63 Å². The summed E-state index contributed by atoms with van der Waals surface area (Å²) in [6.07, 6.45) is 8.70. The fourth-order valence-electron chi connectivity index (χ4n) is 2.66. The van der Waals surface area contributed by atoms with Crippen molar-refractivity contribution in [2.24, 2.45) is 0 Å². The number of fused-ring (bicyclic) bond motifs is 1. The van der Waals surface area contributed by atoms with Crippen LogP contribution in [0.3, 0.4) is 0 Å². The van der Waals surface area contributed by atoms with E-state index in [1.807, 2.05) is 0 Å². The van der Waals surface area contributed by atoms with Crippen LogP contribution in [0.15, 0.2) is 40.1 Å². The maximum absolute atomic E-state index is 14.5. The van der Waals surface area contributed by atoms with Gasteiger partial charge in [0.2, 0.25) is 0 Å². The van der Waals surface area contributed by atoms with E-state index < -0.39 is 11.4 Å². The van der Waals surface area contributed by atoms with E-state index in [4.69, 9.17) is 9.15 Å². The average molecular weight is 332 g/mol.